The van der Waals surface area contributed by atoms with Crippen molar-refractivity contribution in [2.75, 3.05) is 32.7 Å². The van der Waals surface area contributed by atoms with E-state index in [-0.39, 0.29) is 12.7 Å². The molecule has 2 fully saturated rings. The molecule has 1 aromatic carbocycles. The fraction of sp³-hybridized carbons (Fsp3) is 0.667. The summed E-state index contributed by atoms with van der Waals surface area (Å²) in [5.74, 6) is 1.67. The molecule has 0 bridgehead atoms. The van der Waals surface area contributed by atoms with Crippen LogP contribution in [0, 0.1) is 5.92 Å². The van der Waals surface area contributed by atoms with Crippen LogP contribution < -0.4 is 10.1 Å². The molecule has 128 valence electrons. The number of halogens is 1. The van der Waals surface area contributed by atoms with E-state index in [1.165, 1.54) is 32.5 Å². The van der Waals surface area contributed by atoms with E-state index in [2.05, 4.69) is 10.2 Å². The van der Waals surface area contributed by atoms with Crippen LogP contribution in [0.2, 0.25) is 5.02 Å². The van der Waals surface area contributed by atoms with Crippen LogP contribution >= 0.6 is 11.6 Å². The van der Waals surface area contributed by atoms with Gasteiger partial charge in [0.1, 0.15) is 11.9 Å². The van der Waals surface area contributed by atoms with Gasteiger partial charge in [0, 0.05) is 24.7 Å². The lowest BCUT2D eigenvalue weighted by Crippen LogP contribution is -2.42. The first-order chi connectivity index (χ1) is 11.2. The smallest absolute Gasteiger partial charge is 0.121 e. The van der Waals surface area contributed by atoms with Crippen molar-refractivity contribution >= 4 is 11.6 Å². The number of rotatable bonds is 5. The van der Waals surface area contributed by atoms with E-state index >= 15 is 0 Å². The predicted octanol–water partition coefficient (Wildman–Crippen LogP) is 2.68. The average molecular weight is 339 g/mol. The first-order valence-electron chi connectivity index (χ1n) is 8.73. The van der Waals surface area contributed by atoms with E-state index < -0.39 is 0 Å². The SMILES string of the molecule is OCc1ccc(OC2CCN(CC3CCNCC3)CC2)cc1Cl. The number of likely N-dealkylation sites (tertiary alicyclic amines) is 1. The Kier molecular flexibility index (Phi) is 6.17. The summed E-state index contributed by atoms with van der Waals surface area (Å²) in [6, 6.07) is 5.55. The number of ether oxygens (including phenoxy) is 1. The highest BCUT2D eigenvalue weighted by Crippen LogP contribution is 2.26. The van der Waals surface area contributed by atoms with Crippen molar-refractivity contribution in [2.45, 2.75) is 38.4 Å². The fourth-order valence-electron chi connectivity index (χ4n) is 3.56. The van der Waals surface area contributed by atoms with E-state index in [0.29, 0.717) is 5.02 Å². The van der Waals surface area contributed by atoms with E-state index in [1.54, 1.807) is 0 Å². The van der Waals surface area contributed by atoms with Crippen LogP contribution in [0.15, 0.2) is 18.2 Å². The Bertz CT molecular complexity index is 498. The summed E-state index contributed by atoms with van der Waals surface area (Å²) < 4.78 is 6.07. The second-order valence-corrected chi connectivity index (χ2v) is 7.13. The minimum absolute atomic E-state index is 0.0335. The molecule has 0 aliphatic carbocycles. The van der Waals surface area contributed by atoms with Crippen molar-refractivity contribution in [1.82, 2.24) is 10.2 Å². The van der Waals surface area contributed by atoms with Gasteiger partial charge in [-0.25, -0.2) is 0 Å². The number of nitrogens with one attached hydrogen (secondary N) is 1. The van der Waals surface area contributed by atoms with Gasteiger partial charge in [0.15, 0.2) is 0 Å². The molecule has 5 heteroatoms. The lowest BCUT2D eigenvalue weighted by Gasteiger charge is -2.35. The van der Waals surface area contributed by atoms with Crippen LogP contribution in [-0.2, 0) is 6.61 Å². The predicted molar refractivity (Wildman–Crippen MR) is 93.1 cm³/mol. The Morgan fingerprint density at radius 3 is 2.57 bits per heavy atom. The second kappa shape index (κ2) is 8.34. The van der Waals surface area contributed by atoms with Gasteiger partial charge in [0.25, 0.3) is 0 Å². The summed E-state index contributed by atoms with van der Waals surface area (Å²) in [6.07, 6.45) is 5.04. The normalized spacial score (nSPS) is 21.5. The molecular weight excluding hydrogens is 312 g/mol. The molecule has 0 saturated carbocycles. The summed E-state index contributed by atoms with van der Waals surface area (Å²) in [6.45, 7) is 5.80. The molecule has 23 heavy (non-hydrogen) atoms. The van der Waals surface area contributed by atoms with Gasteiger partial charge in [-0.1, -0.05) is 17.7 Å². The van der Waals surface area contributed by atoms with Crippen LogP contribution in [0.3, 0.4) is 0 Å². The molecule has 2 saturated heterocycles. The summed E-state index contributed by atoms with van der Waals surface area (Å²) in [5, 5.41) is 13.2. The van der Waals surface area contributed by atoms with E-state index in [9.17, 15) is 0 Å². The van der Waals surface area contributed by atoms with Crippen LogP contribution in [0.25, 0.3) is 0 Å². The van der Waals surface area contributed by atoms with Gasteiger partial charge in [-0.15, -0.1) is 0 Å². The molecule has 0 aromatic heterocycles. The number of aliphatic hydroxyl groups is 1. The fourth-order valence-corrected chi connectivity index (χ4v) is 3.79. The first kappa shape index (κ1) is 17.0. The quantitative estimate of drug-likeness (QED) is 0.866. The first-order valence-corrected chi connectivity index (χ1v) is 9.11. The van der Waals surface area contributed by atoms with Crippen molar-refractivity contribution < 1.29 is 9.84 Å². The Morgan fingerprint density at radius 2 is 1.91 bits per heavy atom. The average Bonchev–Trinajstić information content (AvgIpc) is 2.58. The Hall–Kier alpha value is -0.810. The maximum absolute atomic E-state index is 9.16. The molecule has 2 aliphatic heterocycles. The molecule has 0 amide bonds. The lowest BCUT2D eigenvalue weighted by atomic mass is 9.96. The number of hydrogen-bond donors (Lipinski definition) is 2. The van der Waals surface area contributed by atoms with Gasteiger partial charge in [0.05, 0.1) is 6.61 Å². The van der Waals surface area contributed by atoms with E-state index in [0.717, 1.165) is 43.2 Å². The topological polar surface area (TPSA) is 44.7 Å². The molecule has 3 rings (SSSR count). The maximum atomic E-state index is 9.16. The van der Waals surface area contributed by atoms with Crippen molar-refractivity contribution in [3.8, 4) is 5.75 Å². The van der Waals surface area contributed by atoms with Gasteiger partial charge in [-0.05, 0) is 62.4 Å². The van der Waals surface area contributed by atoms with Gasteiger partial charge in [-0.3, -0.25) is 0 Å². The zero-order valence-electron chi connectivity index (χ0n) is 13.6. The lowest BCUT2D eigenvalue weighted by molar-refractivity contribution is 0.0872. The molecule has 0 unspecified atom stereocenters. The molecule has 0 radical (unpaired) electrons. The zero-order chi connectivity index (χ0) is 16.1. The summed E-state index contributed by atoms with van der Waals surface area (Å²) in [7, 11) is 0. The zero-order valence-corrected chi connectivity index (χ0v) is 14.4. The standard InChI is InChI=1S/C18H27ClN2O2/c19-18-11-17(2-1-15(18)13-22)23-16-5-9-21(10-6-16)12-14-3-7-20-8-4-14/h1-2,11,14,16,20,22H,3-10,12-13H2. The van der Waals surface area contributed by atoms with Crippen LogP contribution in [-0.4, -0.2) is 48.8 Å². The van der Waals surface area contributed by atoms with Gasteiger partial charge >= 0.3 is 0 Å². The molecule has 0 atom stereocenters. The van der Waals surface area contributed by atoms with Gasteiger partial charge in [-0.2, -0.15) is 0 Å². The highest BCUT2D eigenvalue weighted by molar-refractivity contribution is 6.31. The monoisotopic (exact) mass is 338 g/mol. The third-order valence-corrected chi connectivity index (χ3v) is 5.36. The number of hydrogen-bond acceptors (Lipinski definition) is 4. The molecule has 0 spiro atoms. The Labute approximate surface area is 143 Å². The Morgan fingerprint density at radius 1 is 1.17 bits per heavy atom. The largest absolute Gasteiger partial charge is 0.490 e. The minimum atomic E-state index is -0.0335. The van der Waals surface area contributed by atoms with E-state index in [1.807, 2.05) is 18.2 Å². The molecule has 2 heterocycles. The maximum Gasteiger partial charge on any atom is 0.121 e. The van der Waals surface area contributed by atoms with Crippen molar-refractivity contribution in [3.63, 3.8) is 0 Å². The second-order valence-electron chi connectivity index (χ2n) is 6.72. The molecule has 1 aromatic rings. The highest BCUT2D eigenvalue weighted by Gasteiger charge is 2.23. The number of nitrogens with zero attached hydrogens (tertiary/aromatic N) is 1. The molecular formula is C18H27ClN2O2. The molecule has 2 aliphatic rings. The summed E-state index contributed by atoms with van der Waals surface area (Å²) >= 11 is 6.13. The van der Waals surface area contributed by atoms with Crippen molar-refractivity contribution in [1.29, 1.82) is 0 Å². The summed E-state index contributed by atoms with van der Waals surface area (Å²) in [4.78, 5) is 2.59. The third-order valence-electron chi connectivity index (χ3n) is 5.01. The van der Waals surface area contributed by atoms with Crippen LogP contribution in [0.1, 0.15) is 31.2 Å². The third kappa shape index (κ3) is 4.83. The molecule has 4 nitrogen and oxygen atoms in total. The van der Waals surface area contributed by atoms with E-state index in [4.69, 9.17) is 21.4 Å². The number of aliphatic hydroxyl groups excluding tert-OH is 1. The van der Waals surface area contributed by atoms with Crippen molar-refractivity contribution in [3.05, 3.63) is 28.8 Å². The highest BCUT2D eigenvalue weighted by atomic mass is 35.5. The minimum Gasteiger partial charge on any atom is -0.490 e. The number of piperidine rings is 2. The van der Waals surface area contributed by atoms with Crippen molar-refractivity contribution in [2.24, 2.45) is 5.92 Å². The molecule has 2 N–H and O–H groups in total. The number of benzene rings is 1. The van der Waals surface area contributed by atoms with Gasteiger partial charge < -0.3 is 20.1 Å². The summed E-state index contributed by atoms with van der Waals surface area (Å²) in [5.41, 5.74) is 0.746. The van der Waals surface area contributed by atoms with Gasteiger partial charge in [0.2, 0.25) is 0 Å². The Balaban J connectivity index is 1.44. The van der Waals surface area contributed by atoms with Crippen LogP contribution in [0.5, 0.6) is 5.75 Å². The van der Waals surface area contributed by atoms with Crippen LogP contribution in [0.4, 0.5) is 0 Å².